The van der Waals surface area contributed by atoms with E-state index in [1.165, 1.54) is 6.42 Å². The second-order valence-electron chi connectivity index (χ2n) is 5.98. The van der Waals surface area contributed by atoms with E-state index in [0.717, 1.165) is 51.1 Å². The number of carbonyl (C=O) groups excluding carboxylic acids is 1. The lowest BCUT2D eigenvalue weighted by atomic mass is 9.79. The van der Waals surface area contributed by atoms with E-state index in [2.05, 4.69) is 4.90 Å². The van der Waals surface area contributed by atoms with Gasteiger partial charge in [-0.15, -0.1) is 0 Å². The molecule has 0 N–H and O–H groups in total. The summed E-state index contributed by atoms with van der Waals surface area (Å²) in [5, 5.41) is 0.680. The average Bonchev–Trinajstić information content (AvgIpc) is 2.56. The van der Waals surface area contributed by atoms with Gasteiger partial charge < -0.3 is 4.74 Å². The maximum atomic E-state index is 12.9. The first-order valence-corrected chi connectivity index (χ1v) is 8.25. The Hall–Kier alpha value is -0.900. The molecule has 1 aromatic carbocycles. The number of hydrogen-bond acceptors (Lipinski definition) is 3. The molecule has 0 unspecified atom stereocenters. The van der Waals surface area contributed by atoms with Gasteiger partial charge in [0.25, 0.3) is 0 Å². The number of rotatable bonds is 3. The fraction of sp³-hybridized carbons (Fsp3) is 0.588. The van der Waals surface area contributed by atoms with Crippen LogP contribution in [0.15, 0.2) is 24.3 Å². The highest BCUT2D eigenvalue weighted by molar-refractivity contribution is 6.30. The zero-order chi connectivity index (χ0) is 14.7. The molecule has 2 aliphatic rings. The molecule has 1 saturated carbocycles. The molecule has 1 aliphatic heterocycles. The van der Waals surface area contributed by atoms with Crippen LogP contribution in [-0.2, 0) is 4.74 Å². The van der Waals surface area contributed by atoms with E-state index in [9.17, 15) is 4.79 Å². The third kappa shape index (κ3) is 3.47. The van der Waals surface area contributed by atoms with Gasteiger partial charge in [-0.05, 0) is 37.1 Å². The lowest BCUT2D eigenvalue weighted by molar-refractivity contribution is -0.00484. The minimum Gasteiger partial charge on any atom is -0.379 e. The molecular weight excluding hydrogens is 286 g/mol. The molecule has 0 amide bonds. The Morgan fingerprint density at radius 1 is 1.10 bits per heavy atom. The summed E-state index contributed by atoms with van der Waals surface area (Å²) in [7, 11) is 0. The second-order valence-corrected chi connectivity index (χ2v) is 6.41. The molecule has 3 rings (SSSR count). The van der Waals surface area contributed by atoms with Crippen LogP contribution < -0.4 is 0 Å². The predicted octanol–water partition coefficient (Wildman–Crippen LogP) is 3.41. The number of morpholine rings is 1. The van der Waals surface area contributed by atoms with Gasteiger partial charge in [-0.25, -0.2) is 0 Å². The molecule has 1 aromatic rings. The van der Waals surface area contributed by atoms with Crippen molar-refractivity contribution in [2.45, 2.75) is 31.7 Å². The van der Waals surface area contributed by atoms with Gasteiger partial charge in [0.05, 0.1) is 13.2 Å². The molecule has 3 nitrogen and oxygen atoms in total. The van der Waals surface area contributed by atoms with Crippen LogP contribution in [0.2, 0.25) is 5.02 Å². The Labute approximate surface area is 131 Å². The van der Waals surface area contributed by atoms with Crippen LogP contribution in [0, 0.1) is 5.92 Å². The van der Waals surface area contributed by atoms with Gasteiger partial charge >= 0.3 is 0 Å². The third-order valence-corrected chi connectivity index (χ3v) is 4.96. The zero-order valence-corrected chi connectivity index (χ0v) is 13.0. The van der Waals surface area contributed by atoms with Gasteiger partial charge in [-0.3, -0.25) is 9.69 Å². The highest BCUT2D eigenvalue weighted by Crippen LogP contribution is 2.31. The van der Waals surface area contributed by atoms with Crippen molar-refractivity contribution in [1.82, 2.24) is 4.90 Å². The van der Waals surface area contributed by atoms with E-state index in [4.69, 9.17) is 16.3 Å². The Morgan fingerprint density at radius 2 is 1.76 bits per heavy atom. The minimum absolute atomic E-state index is 0.123. The van der Waals surface area contributed by atoms with E-state index in [1.54, 1.807) is 12.1 Å². The Balaban J connectivity index is 1.76. The van der Waals surface area contributed by atoms with E-state index >= 15 is 0 Å². The fourth-order valence-corrected chi connectivity index (χ4v) is 3.72. The van der Waals surface area contributed by atoms with Crippen LogP contribution in [0.3, 0.4) is 0 Å². The van der Waals surface area contributed by atoms with Gasteiger partial charge in [0.1, 0.15) is 0 Å². The number of ketones is 1. The molecule has 114 valence electrons. The molecular formula is C17H22ClNO2. The van der Waals surface area contributed by atoms with Crippen LogP contribution in [-0.4, -0.2) is 43.0 Å². The standard InChI is InChI=1S/C17H22ClNO2/c18-14-7-5-13(6-8-14)17(20)15-3-1-2-4-16(15)19-9-11-21-12-10-19/h5-8,15-16H,1-4,9-12H2/t15-,16+/m1/s1. The predicted molar refractivity (Wildman–Crippen MR) is 83.9 cm³/mol. The highest BCUT2D eigenvalue weighted by atomic mass is 35.5. The molecule has 1 heterocycles. The lowest BCUT2D eigenvalue weighted by Crippen LogP contribution is -2.50. The number of nitrogens with zero attached hydrogens (tertiary/aromatic N) is 1. The topological polar surface area (TPSA) is 29.5 Å². The smallest absolute Gasteiger partial charge is 0.167 e. The molecule has 0 spiro atoms. The van der Waals surface area contributed by atoms with Crippen molar-refractivity contribution < 1.29 is 9.53 Å². The van der Waals surface area contributed by atoms with Gasteiger partial charge in [-0.1, -0.05) is 24.4 Å². The third-order valence-electron chi connectivity index (χ3n) is 4.71. The largest absolute Gasteiger partial charge is 0.379 e. The molecule has 2 fully saturated rings. The van der Waals surface area contributed by atoms with Crippen molar-refractivity contribution in [2.75, 3.05) is 26.3 Å². The quantitative estimate of drug-likeness (QED) is 0.801. The normalized spacial score (nSPS) is 27.5. The molecule has 4 heteroatoms. The highest BCUT2D eigenvalue weighted by Gasteiger charge is 2.35. The van der Waals surface area contributed by atoms with Crippen LogP contribution in [0.5, 0.6) is 0 Å². The summed E-state index contributed by atoms with van der Waals surface area (Å²) in [6.07, 6.45) is 4.52. The average molecular weight is 308 g/mol. The summed E-state index contributed by atoms with van der Waals surface area (Å²) in [5.41, 5.74) is 0.796. The second kappa shape index (κ2) is 6.91. The summed E-state index contributed by atoms with van der Waals surface area (Å²) in [6.45, 7) is 3.49. The monoisotopic (exact) mass is 307 g/mol. The van der Waals surface area contributed by atoms with Gasteiger partial charge in [0, 0.05) is 35.6 Å². The summed E-state index contributed by atoms with van der Waals surface area (Å²) in [5.74, 6) is 0.404. The number of Topliss-reactive ketones (excluding diaryl/α,β-unsaturated/α-hetero) is 1. The first-order valence-electron chi connectivity index (χ1n) is 7.87. The molecule has 21 heavy (non-hydrogen) atoms. The summed E-state index contributed by atoms with van der Waals surface area (Å²) in [6, 6.07) is 7.71. The SMILES string of the molecule is O=C(c1ccc(Cl)cc1)[C@@H]1CCCC[C@@H]1N1CCOCC1. The summed E-state index contributed by atoms with van der Waals surface area (Å²) >= 11 is 5.92. The van der Waals surface area contributed by atoms with Crippen molar-refractivity contribution >= 4 is 17.4 Å². The fourth-order valence-electron chi connectivity index (χ4n) is 3.59. The maximum Gasteiger partial charge on any atom is 0.167 e. The van der Waals surface area contributed by atoms with Crippen LogP contribution in [0.4, 0.5) is 0 Å². The number of carbonyl (C=O) groups is 1. The first-order chi connectivity index (χ1) is 10.3. The summed E-state index contributed by atoms with van der Waals surface area (Å²) < 4.78 is 5.44. The number of benzene rings is 1. The zero-order valence-electron chi connectivity index (χ0n) is 12.3. The Kier molecular flexibility index (Phi) is 4.94. The van der Waals surface area contributed by atoms with E-state index < -0.39 is 0 Å². The Morgan fingerprint density at radius 3 is 2.48 bits per heavy atom. The van der Waals surface area contributed by atoms with Crippen LogP contribution in [0.1, 0.15) is 36.0 Å². The van der Waals surface area contributed by atoms with Crippen LogP contribution in [0.25, 0.3) is 0 Å². The molecule has 1 aliphatic carbocycles. The van der Waals surface area contributed by atoms with Crippen molar-refractivity contribution in [3.63, 3.8) is 0 Å². The number of hydrogen-bond donors (Lipinski definition) is 0. The van der Waals surface area contributed by atoms with Crippen LogP contribution >= 0.6 is 11.6 Å². The summed E-state index contributed by atoms with van der Waals surface area (Å²) in [4.78, 5) is 15.3. The van der Waals surface area contributed by atoms with Crippen molar-refractivity contribution in [2.24, 2.45) is 5.92 Å². The minimum atomic E-state index is 0.123. The van der Waals surface area contributed by atoms with Gasteiger partial charge in [0.15, 0.2) is 5.78 Å². The molecule has 1 saturated heterocycles. The molecule has 2 atom stereocenters. The van der Waals surface area contributed by atoms with Crippen molar-refractivity contribution in [3.05, 3.63) is 34.9 Å². The molecule has 0 bridgehead atoms. The van der Waals surface area contributed by atoms with Gasteiger partial charge in [0.2, 0.25) is 0 Å². The first kappa shape index (κ1) is 15.0. The van der Waals surface area contributed by atoms with Crippen molar-refractivity contribution in [1.29, 1.82) is 0 Å². The lowest BCUT2D eigenvalue weighted by Gasteiger charge is -2.41. The molecule has 0 radical (unpaired) electrons. The number of ether oxygens (including phenoxy) is 1. The van der Waals surface area contributed by atoms with Gasteiger partial charge in [-0.2, -0.15) is 0 Å². The van der Waals surface area contributed by atoms with E-state index in [0.29, 0.717) is 11.1 Å². The molecule has 0 aromatic heterocycles. The number of halogens is 1. The maximum absolute atomic E-state index is 12.9. The van der Waals surface area contributed by atoms with E-state index in [-0.39, 0.29) is 11.7 Å². The Bertz CT molecular complexity index is 482. The van der Waals surface area contributed by atoms with E-state index in [1.807, 2.05) is 12.1 Å². The van der Waals surface area contributed by atoms with Crippen molar-refractivity contribution in [3.8, 4) is 0 Å².